The van der Waals surface area contributed by atoms with Crippen molar-refractivity contribution in [3.63, 3.8) is 0 Å². The van der Waals surface area contributed by atoms with Crippen LogP contribution in [0.25, 0.3) is 0 Å². The molecule has 1 amide bonds. The van der Waals surface area contributed by atoms with Crippen molar-refractivity contribution in [1.82, 2.24) is 5.32 Å². The van der Waals surface area contributed by atoms with E-state index in [2.05, 4.69) is 5.32 Å². The van der Waals surface area contributed by atoms with E-state index in [9.17, 15) is 9.59 Å². The van der Waals surface area contributed by atoms with Crippen LogP contribution in [-0.2, 0) is 11.2 Å². The minimum Gasteiger partial charge on any atom is -0.480 e. The molecule has 0 aliphatic rings. The van der Waals surface area contributed by atoms with Crippen molar-refractivity contribution < 1.29 is 14.7 Å². The van der Waals surface area contributed by atoms with Crippen LogP contribution in [0.3, 0.4) is 0 Å². The summed E-state index contributed by atoms with van der Waals surface area (Å²) in [4.78, 5) is 22.7. The lowest BCUT2D eigenvalue weighted by molar-refractivity contribution is -0.138. The van der Waals surface area contributed by atoms with Gasteiger partial charge in [-0.05, 0) is 31.4 Å². The van der Waals surface area contributed by atoms with Gasteiger partial charge < -0.3 is 10.4 Å². The van der Waals surface area contributed by atoms with Crippen molar-refractivity contribution in [2.45, 2.75) is 33.2 Å². The molecule has 0 radical (unpaired) electrons. The van der Waals surface area contributed by atoms with Gasteiger partial charge in [-0.2, -0.15) is 0 Å². The van der Waals surface area contributed by atoms with Crippen LogP contribution in [0.4, 0.5) is 0 Å². The smallest absolute Gasteiger partial charge is 0.325 e. The average molecular weight is 235 g/mol. The van der Waals surface area contributed by atoms with Crippen LogP contribution >= 0.6 is 0 Å². The minimum absolute atomic E-state index is 0.324. The Hall–Kier alpha value is -1.84. The summed E-state index contributed by atoms with van der Waals surface area (Å²) in [7, 11) is 0. The number of carbonyl (C=O) groups excluding carboxylic acids is 1. The first-order valence-electron chi connectivity index (χ1n) is 5.59. The maximum Gasteiger partial charge on any atom is 0.325 e. The Morgan fingerprint density at radius 1 is 1.41 bits per heavy atom. The van der Waals surface area contributed by atoms with Crippen LogP contribution in [0.5, 0.6) is 0 Å². The van der Waals surface area contributed by atoms with Gasteiger partial charge in [0.2, 0.25) is 0 Å². The Morgan fingerprint density at radius 2 is 2.06 bits per heavy atom. The number of hydrogen-bond acceptors (Lipinski definition) is 2. The molecule has 0 saturated carbocycles. The molecule has 1 aromatic carbocycles. The molecule has 1 rings (SSSR count). The van der Waals surface area contributed by atoms with E-state index in [0.717, 1.165) is 17.5 Å². The highest BCUT2D eigenvalue weighted by Crippen LogP contribution is 2.15. The number of benzene rings is 1. The number of carboxylic acid groups (broad SMARTS) is 1. The lowest BCUT2D eigenvalue weighted by Gasteiger charge is -2.14. The zero-order valence-corrected chi connectivity index (χ0v) is 10.3. The molecule has 4 heteroatoms. The van der Waals surface area contributed by atoms with Crippen molar-refractivity contribution in [3.8, 4) is 0 Å². The number of carboxylic acids is 1. The number of hydrogen-bond donors (Lipinski definition) is 2. The largest absolute Gasteiger partial charge is 0.480 e. The van der Waals surface area contributed by atoms with Gasteiger partial charge in [-0.15, -0.1) is 0 Å². The highest BCUT2D eigenvalue weighted by atomic mass is 16.4. The molecule has 0 aliphatic heterocycles. The van der Waals surface area contributed by atoms with Gasteiger partial charge in [-0.25, -0.2) is 0 Å². The van der Waals surface area contributed by atoms with E-state index in [1.165, 1.54) is 6.92 Å². The Balaban J connectivity index is 3.00. The Bertz CT molecular complexity index is 440. The second kappa shape index (κ2) is 5.48. The SMILES string of the molecule is CCc1cccc(C)c1C(=O)NC(C)C(=O)O. The summed E-state index contributed by atoms with van der Waals surface area (Å²) in [6.07, 6.45) is 0.742. The fourth-order valence-electron chi connectivity index (χ4n) is 1.68. The van der Waals surface area contributed by atoms with Crippen LogP contribution in [0, 0.1) is 6.92 Å². The Morgan fingerprint density at radius 3 is 2.59 bits per heavy atom. The van der Waals surface area contributed by atoms with Crippen molar-refractivity contribution in [2.75, 3.05) is 0 Å². The highest BCUT2D eigenvalue weighted by Gasteiger charge is 2.18. The molecule has 17 heavy (non-hydrogen) atoms. The lowest BCUT2D eigenvalue weighted by Crippen LogP contribution is -2.39. The van der Waals surface area contributed by atoms with E-state index in [0.29, 0.717) is 5.56 Å². The van der Waals surface area contributed by atoms with Crippen LogP contribution < -0.4 is 5.32 Å². The molecule has 92 valence electrons. The normalized spacial score (nSPS) is 11.9. The van der Waals surface area contributed by atoms with Crippen molar-refractivity contribution >= 4 is 11.9 Å². The standard InChI is InChI=1S/C13H17NO3/c1-4-10-7-5-6-8(2)11(10)12(15)14-9(3)13(16)17/h5-7,9H,4H2,1-3H3,(H,14,15)(H,16,17). The molecular formula is C13H17NO3. The van der Waals surface area contributed by atoms with Crippen LogP contribution in [0.2, 0.25) is 0 Å². The third-order valence-electron chi connectivity index (χ3n) is 2.69. The van der Waals surface area contributed by atoms with E-state index < -0.39 is 12.0 Å². The summed E-state index contributed by atoms with van der Waals surface area (Å²) in [5.41, 5.74) is 2.38. The van der Waals surface area contributed by atoms with Gasteiger partial charge in [0.15, 0.2) is 0 Å². The van der Waals surface area contributed by atoms with Gasteiger partial charge >= 0.3 is 5.97 Å². The molecule has 0 bridgehead atoms. The fourth-order valence-corrected chi connectivity index (χ4v) is 1.68. The second-order valence-electron chi connectivity index (χ2n) is 4.00. The molecule has 0 saturated heterocycles. The predicted octanol–water partition coefficient (Wildman–Crippen LogP) is 1.76. The molecule has 0 fully saturated rings. The van der Waals surface area contributed by atoms with Crippen molar-refractivity contribution in [1.29, 1.82) is 0 Å². The molecule has 4 nitrogen and oxygen atoms in total. The summed E-state index contributed by atoms with van der Waals surface area (Å²) in [5, 5.41) is 11.2. The Labute approximate surface area is 101 Å². The summed E-state index contributed by atoms with van der Waals surface area (Å²) in [5.74, 6) is -1.36. The number of aryl methyl sites for hydroxylation is 2. The van der Waals surface area contributed by atoms with Gasteiger partial charge in [-0.3, -0.25) is 9.59 Å². The topological polar surface area (TPSA) is 66.4 Å². The van der Waals surface area contributed by atoms with E-state index in [4.69, 9.17) is 5.11 Å². The molecule has 0 heterocycles. The van der Waals surface area contributed by atoms with E-state index in [1.54, 1.807) is 0 Å². The van der Waals surface area contributed by atoms with Gasteiger partial charge in [0.05, 0.1) is 0 Å². The third kappa shape index (κ3) is 3.06. The van der Waals surface area contributed by atoms with Gasteiger partial charge in [0.25, 0.3) is 5.91 Å². The third-order valence-corrected chi connectivity index (χ3v) is 2.69. The van der Waals surface area contributed by atoms with Crippen molar-refractivity contribution in [3.05, 3.63) is 34.9 Å². The minimum atomic E-state index is -1.04. The van der Waals surface area contributed by atoms with Crippen LogP contribution in [0.15, 0.2) is 18.2 Å². The lowest BCUT2D eigenvalue weighted by atomic mass is 9.99. The highest BCUT2D eigenvalue weighted by molar-refractivity contribution is 5.99. The molecule has 1 atom stereocenters. The fraction of sp³-hybridized carbons (Fsp3) is 0.385. The number of carbonyl (C=O) groups is 2. The zero-order valence-electron chi connectivity index (χ0n) is 10.3. The first-order chi connectivity index (χ1) is 7.97. The van der Waals surface area contributed by atoms with Gasteiger partial charge in [0, 0.05) is 5.56 Å². The number of nitrogens with one attached hydrogen (secondary N) is 1. The second-order valence-corrected chi connectivity index (χ2v) is 4.00. The summed E-state index contributed by atoms with van der Waals surface area (Å²) < 4.78 is 0. The molecular weight excluding hydrogens is 218 g/mol. The summed E-state index contributed by atoms with van der Waals surface area (Å²) in [6.45, 7) is 5.26. The van der Waals surface area contributed by atoms with Crippen molar-refractivity contribution in [2.24, 2.45) is 0 Å². The molecule has 1 unspecified atom stereocenters. The zero-order chi connectivity index (χ0) is 13.0. The monoisotopic (exact) mass is 235 g/mol. The van der Waals surface area contributed by atoms with Gasteiger partial charge in [-0.1, -0.05) is 25.1 Å². The molecule has 0 aliphatic carbocycles. The molecule has 2 N–H and O–H groups in total. The van der Waals surface area contributed by atoms with E-state index in [1.807, 2.05) is 32.0 Å². The molecule has 0 aromatic heterocycles. The van der Waals surface area contributed by atoms with Crippen LogP contribution in [-0.4, -0.2) is 23.0 Å². The number of rotatable bonds is 4. The quantitative estimate of drug-likeness (QED) is 0.835. The molecule has 0 spiro atoms. The maximum absolute atomic E-state index is 12.0. The molecule has 1 aromatic rings. The van der Waals surface area contributed by atoms with Gasteiger partial charge in [0.1, 0.15) is 6.04 Å². The number of amides is 1. The average Bonchev–Trinajstić information content (AvgIpc) is 2.27. The maximum atomic E-state index is 12.0. The summed E-state index contributed by atoms with van der Waals surface area (Å²) in [6, 6.07) is 4.74. The number of aliphatic carboxylic acids is 1. The van der Waals surface area contributed by atoms with E-state index in [-0.39, 0.29) is 5.91 Å². The predicted molar refractivity (Wildman–Crippen MR) is 65.1 cm³/mol. The van der Waals surface area contributed by atoms with Crippen LogP contribution in [0.1, 0.15) is 35.3 Å². The first-order valence-corrected chi connectivity index (χ1v) is 5.59. The van der Waals surface area contributed by atoms with E-state index >= 15 is 0 Å². The Kier molecular flexibility index (Phi) is 4.26. The first kappa shape index (κ1) is 13.2. The summed E-state index contributed by atoms with van der Waals surface area (Å²) >= 11 is 0.